The molecule has 2 aromatic rings. The number of alkyl halides is 2. The molecular weight excluding hydrogens is 494 g/mol. The minimum Gasteiger partial charge on any atom is -0.480 e. The van der Waals surface area contributed by atoms with Crippen LogP contribution in [0, 0.1) is 0 Å². The molecule has 0 aromatic heterocycles. The Bertz CT molecular complexity index is 935. The zero-order valence-corrected chi connectivity index (χ0v) is 17.9. The number of halogens is 2. The number of carboxylic acid groups (broad SMARTS) is 1. The molecule has 146 valence electrons. The van der Waals surface area contributed by atoms with Gasteiger partial charge in [-0.05, 0) is 34.2 Å². The van der Waals surface area contributed by atoms with E-state index in [0.29, 0.717) is 13.0 Å². The summed E-state index contributed by atoms with van der Waals surface area (Å²) in [5.41, 5.74) is 5.59. The third-order valence-corrected chi connectivity index (χ3v) is 6.81. The monoisotopic (exact) mass is 509 g/mol. The van der Waals surface area contributed by atoms with Crippen molar-refractivity contribution in [3.8, 4) is 11.1 Å². The summed E-state index contributed by atoms with van der Waals surface area (Å²) >= 11 is 7.30. The fourth-order valence-electron chi connectivity index (χ4n) is 3.60. The molecule has 28 heavy (non-hydrogen) atoms. The molecule has 1 amide bonds. The van der Waals surface area contributed by atoms with Crippen LogP contribution < -0.4 is 0 Å². The van der Waals surface area contributed by atoms with Gasteiger partial charge in [0.1, 0.15) is 11.1 Å². The van der Waals surface area contributed by atoms with E-state index in [2.05, 4.69) is 50.1 Å². The molecule has 0 saturated carbocycles. The van der Waals surface area contributed by atoms with E-state index in [1.165, 1.54) is 16.0 Å². The first kappa shape index (κ1) is 19.4. The zero-order chi connectivity index (χ0) is 19.8. The third-order valence-electron chi connectivity index (χ3n) is 5.10. The Hall–Kier alpha value is -1.90. The van der Waals surface area contributed by atoms with E-state index in [-0.39, 0.29) is 11.6 Å². The normalized spacial score (nSPS) is 20.7. The Labute approximate surface area is 178 Å². The molecule has 8 heteroatoms. The van der Waals surface area contributed by atoms with E-state index in [1.807, 2.05) is 24.3 Å². The Balaban J connectivity index is 1.42. The summed E-state index contributed by atoms with van der Waals surface area (Å²) in [6, 6.07) is 13.4. The number of carbonyl (C=O) groups is 2. The summed E-state index contributed by atoms with van der Waals surface area (Å²) in [6.07, 6.45) is -0.238. The highest BCUT2D eigenvalue weighted by molar-refractivity contribution is 9.09. The summed E-state index contributed by atoms with van der Waals surface area (Å²) < 4.78 is 10.8. The fraction of sp³-hybridized carbons (Fsp3) is 0.300. The SMILES string of the molecule is O=C(O)C1CCN1C(=O)OCOC(Br)c1cccc2c1C(Br)c1ccccc1-2. The molecule has 4 rings (SSSR count). The second kappa shape index (κ2) is 7.85. The maximum atomic E-state index is 12.0. The molecule has 1 aliphatic heterocycles. The van der Waals surface area contributed by atoms with Gasteiger partial charge in [-0.2, -0.15) is 0 Å². The third kappa shape index (κ3) is 3.33. The van der Waals surface area contributed by atoms with Crippen LogP contribution >= 0.6 is 31.9 Å². The van der Waals surface area contributed by atoms with Crippen LogP contribution in [0.5, 0.6) is 0 Å². The molecule has 1 saturated heterocycles. The maximum absolute atomic E-state index is 12.0. The smallest absolute Gasteiger partial charge is 0.412 e. The van der Waals surface area contributed by atoms with Gasteiger partial charge in [0.25, 0.3) is 0 Å². The van der Waals surface area contributed by atoms with E-state index in [4.69, 9.17) is 14.6 Å². The largest absolute Gasteiger partial charge is 0.480 e. The number of carbonyl (C=O) groups excluding carboxylic acids is 1. The number of hydrogen-bond donors (Lipinski definition) is 1. The molecule has 2 aliphatic rings. The molecule has 3 unspecified atom stereocenters. The van der Waals surface area contributed by atoms with Crippen molar-refractivity contribution in [2.75, 3.05) is 13.3 Å². The van der Waals surface area contributed by atoms with Gasteiger partial charge in [0.15, 0.2) is 6.79 Å². The molecule has 1 N–H and O–H groups in total. The molecule has 1 heterocycles. The van der Waals surface area contributed by atoms with Crippen LogP contribution in [0.1, 0.15) is 33.0 Å². The Kier molecular flexibility index (Phi) is 5.44. The lowest BCUT2D eigenvalue weighted by Gasteiger charge is -2.36. The lowest BCUT2D eigenvalue weighted by Crippen LogP contribution is -2.55. The average Bonchev–Trinajstić information content (AvgIpc) is 2.93. The van der Waals surface area contributed by atoms with Crippen LogP contribution in [0.25, 0.3) is 11.1 Å². The molecular formula is C20H17Br2NO5. The summed E-state index contributed by atoms with van der Waals surface area (Å²) in [4.78, 5) is 24.2. The number of nitrogens with zero attached hydrogens (tertiary/aromatic N) is 1. The number of amides is 1. The standard InChI is InChI=1S/C20H17Br2NO5/c21-17-13-5-2-1-4-11(13)12-6-3-7-14(16(12)17)18(22)27-10-28-20(26)23-9-8-15(23)19(24)25/h1-7,15,17-18H,8-10H2,(H,24,25). The Morgan fingerprint density at radius 2 is 1.93 bits per heavy atom. The van der Waals surface area contributed by atoms with Crippen molar-refractivity contribution in [2.24, 2.45) is 0 Å². The van der Waals surface area contributed by atoms with Crippen molar-refractivity contribution in [2.45, 2.75) is 22.3 Å². The van der Waals surface area contributed by atoms with E-state index >= 15 is 0 Å². The van der Waals surface area contributed by atoms with Gasteiger partial charge in [0.2, 0.25) is 0 Å². The van der Waals surface area contributed by atoms with Gasteiger partial charge in [-0.25, -0.2) is 9.59 Å². The minimum absolute atomic E-state index is 0.0542. The van der Waals surface area contributed by atoms with Gasteiger partial charge in [0, 0.05) is 6.54 Å². The lowest BCUT2D eigenvalue weighted by atomic mass is 10.0. The highest BCUT2D eigenvalue weighted by atomic mass is 79.9. The summed E-state index contributed by atoms with van der Waals surface area (Å²) in [6.45, 7) is 0.102. The predicted molar refractivity (Wildman–Crippen MR) is 109 cm³/mol. The van der Waals surface area contributed by atoms with Crippen LogP contribution in [0.15, 0.2) is 42.5 Å². The van der Waals surface area contributed by atoms with Gasteiger partial charge in [0.05, 0.1) is 4.83 Å². The second-order valence-electron chi connectivity index (χ2n) is 6.61. The fourth-order valence-corrected chi connectivity index (χ4v) is 5.01. The van der Waals surface area contributed by atoms with Gasteiger partial charge < -0.3 is 14.6 Å². The number of aliphatic carboxylic acids is 1. The first-order valence-corrected chi connectivity index (χ1v) is 10.6. The van der Waals surface area contributed by atoms with Crippen molar-refractivity contribution < 1.29 is 24.2 Å². The summed E-state index contributed by atoms with van der Waals surface area (Å²) in [5.74, 6) is -1.02. The minimum atomic E-state index is -1.02. The van der Waals surface area contributed by atoms with Crippen LogP contribution in [-0.4, -0.2) is 41.4 Å². The molecule has 1 aliphatic carbocycles. The Morgan fingerprint density at radius 3 is 2.64 bits per heavy atom. The van der Waals surface area contributed by atoms with E-state index in [9.17, 15) is 9.59 Å². The molecule has 1 fully saturated rings. The quantitative estimate of drug-likeness (QED) is 0.461. The zero-order valence-electron chi connectivity index (χ0n) is 14.7. The highest BCUT2D eigenvalue weighted by Crippen LogP contribution is 2.51. The molecule has 0 spiro atoms. The van der Waals surface area contributed by atoms with Crippen LogP contribution in [0.3, 0.4) is 0 Å². The number of carboxylic acids is 1. The lowest BCUT2D eigenvalue weighted by molar-refractivity contribution is -0.147. The predicted octanol–water partition coefficient (Wildman–Crippen LogP) is 4.81. The number of benzene rings is 2. The first-order chi connectivity index (χ1) is 13.5. The average molecular weight is 511 g/mol. The van der Waals surface area contributed by atoms with Gasteiger partial charge >= 0.3 is 12.1 Å². The van der Waals surface area contributed by atoms with Crippen molar-refractivity contribution in [3.05, 3.63) is 59.2 Å². The molecule has 0 bridgehead atoms. The molecule has 3 atom stereocenters. The van der Waals surface area contributed by atoms with Crippen LogP contribution in [0.4, 0.5) is 4.79 Å². The van der Waals surface area contributed by atoms with E-state index in [0.717, 1.165) is 16.7 Å². The number of hydrogen-bond acceptors (Lipinski definition) is 4. The number of ether oxygens (including phenoxy) is 2. The summed E-state index contributed by atoms with van der Waals surface area (Å²) in [7, 11) is 0. The topological polar surface area (TPSA) is 76.1 Å². The summed E-state index contributed by atoms with van der Waals surface area (Å²) in [5, 5.41) is 8.54. The number of rotatable bonds is 5. The first-order valence-electron chi connectivity index (χ1n) is 8.77. The maximum Gasteiger partial charge on any atom is 0.412 e. The molecule has 0 radical (unpaired) electrons. The van der Waals surface area contributed by atoms with Crippen molar-refractivity contribution in [1.29, 1.82) is 0 Å². The van der Waals surface area contributed by atoms with Crippen molar-refractivity contribution in [3.63, 3.8) is 0 Å². The van der Waals surface area contributed by atoms with E-state index in [1.54, 1.807) is 0 Å². The number of fused-ring (bicyclic) bond motifs is 3. The highest BCUT2D eigenvalue weighted by Gasteiger charge is 2.38. The van der Waals surface area contributed by atoms with E-state index < -0.39 is 23.1 Å². The van der Waals surface area contributed by atoms with Crippen LogP contribution in [-0.2, 0) is 14.3 Å². The molecule has 6 nitrogen and oxygen atoms in total. The number of likely N-dealkylation sites (tertiary alicyclic amines) is 1. The van der Waals surface area contributed by atoms with Crippen molar-refractivity contribution in [1.82, 2.24) is 4.90 Å². The second-order valence-corrected chi connectivity index (χ2v) is 8.35. The Morgan fingerprint density at radius 1 is 1.18 bits per heavy atom. The van der Waals surface area contributed by atoms with Crippen LogP contribution in [0.2, 0.25) is 0 Å². The van der Waals surface area contributed by atoms with Gasteiger partial charge in [-0.15, -0.1) is 0 Å². The van der Waals surface area contributed by atoms with Gasteiger partial charge in [-0.3, -0.25) is 4.90 Å². The molecule has 2 aromatic carbocycles. The van der Waals surface area contributed by atoms with Crippen molar-refractivity contribution >= 4 is 43.9 Å². The van der Waals surface area contributed by atoms with Gasteiger partial charge in [-0.1, -0.05) is 74.3 Å².